The summed E-state index contributed by atoms with van der Waals surface area (Å²) >= 11 is 0. The molecule has 0 bridgehead atoms. The molecule has 0 aromatic rings. The molecule has 0 amide bonds. The van der Waals surface area contributed by atoms with Crippen LogP contribution >= 0.6 is 15.6 Å². The highest BCUT2D eigenvalue weighted by molar-refractivity contribution is 7.47. The van der Waals surface area contributed by atoms with E-state index in [0.717, 1.165) is 114 Å². The van der Waals surface area contributed by atoms with Crippen molar-refractivity contribution in [3.8, 4) is 0 Å². The Labute approximate surface area is 664 Å². The van der Waals surface area contributed by atoms with Gasteiger partial charge in [-0.05, 0) is 49.4 Å². The number of hydrogen-bond acceptors (Lipinski definition) is 15. The molecule has 0 heterocycles. The van der Waals surface area contributed by atoms with Gasteiger partial charge in [0.1, 0.15) is 19.3 Å². The van der Waals surface area contributed by atoms with Gasteiger partial charge in [-0.1, -0.05) is 415 Å². The van der Waals surface area contributed by atoms with Crippen molar-refractivity contribution in [2.45, 2.75) is 485 Å². The third kappa shape index (κ3) is 79.3. The molecule has 17 nitrogen and oxygen atoms in total. The molecule has 0 rings (SSSR count). The Morgan fingerprint density at radius 3 is 0.657 bits per heavy atom. The zero-order valence-corrected chi connectivity index (χ0v) is 73.3. The van der Waals surface area contributed by atoms with Crippen molar-refractivity contribution in [3.05, 3.63) is 0 Å². The fourth-order valence-electron chi connectivity index (χ4n) is 13.8. The third-order valence-electron chi connectivity index (χ3n) is 21.5. The van der Waals surface area contributed by atoms with E-state index >= 15 is 0 Å². The highest BCUT2D eigenvalue weighted by Gasteiger charge is 2.31. The smallest absolute Gasteiger partial charge is 0.462 e. The molecular formula is C89H174O17P2. The predicted octanol–water partition coefficient (Wildman–Crippen LogP) is 27.1. The van der Waals surface area contributed by atoms with Crippen LogP contribution in [0.2, 0.25) is 0 Å². The topological polar surface area (TPSA) is 237 Å². The number of esters is 4. The summed E-state index contributed by atoms with van der Waals surface area (Å²) in [5.41, 5.74) is 0. The third-order valence-corrected chi connectivity index (χ3v) is 23.4. The van der Waals surface area contributed by atoms with Gasteiger partial charge in [0.15, 0.2) is 12.2 Å². The first-order chi connectivity index (χ1) is 52.2. The summed E-state index contributed by atoms with van der Waals surface area (Å²) in [6.07, 6.45) is 68.3. The van der Waals surface area contributed by atoms with Gasteiger partial charge >= 0.3 is 39.5 Å². The summed E-state index contributed by atoms with van der Waals surface area (Å²) in [6.45, 7) is 14.4. The lowest BCUT2D eigenvalue weighted by molar-refractivity contribution is -0.161. The summed E-state index contributed by atoms with van der Waals surface area (Å²) in [5, 5.41) is 10.7. The van der Waals surface area contributed by atoms with Crippen LogP contribution in [0, 0.1) is 23.7 Å². The average molecular weight is 1580 g/mol. The number of ether oxygens (including phenoxy) is 4. The second-order valence-corrected chi connectivity index (χ2v) is 36.3. The molecular weight excluding hydrogens is 1400 g/mol. The number of rotatable bonds is 86. The van der Waals surface area contributed by atoms with E-state index in [9.17, 15) is 43.2 Å². The molecule has 0 aliphatic heterocycles. The SMILES string of the molecule is CCC(C)CCCCCCCCCCCCCCCCCCCCC(=O)OC[C@H](COP(=O)(O)OC[C@@H](O)COP(=O)(O)OC[C@@H](COC(=O)CCCCCCCCC(C)C)OC(=O)CCCCCCCCCCCCCCCCCCCCC(C)CC)OC(=O)CCCCCCCCCCCCCCC(C)C. The van der Waals surface area contributed by atoms with E-state index in [2.05, 4.69) is 55.4 Å². The minimum atomic E-state index is -4.97. The molecule has 0 fully saturated rings. The van der Waals surface area contributed by atoms with Crippen molar-refractivity contribution in [1.29, 1.82) is 0 Å². The van der Waals surface area contributed by atoms with Gasteiger partial charge in [0, 0.05) is 25.7 Å². The van der Waals surface area contributed by atoms with Crippen molar-refractivity contribution in [2.24, 2.45) is 23.7 Å². The summed E-state index contributed by atoms with van der Waals surface area (Å²) in [4.78, 5) is 73.2. The number of hydrogen-bond donors (Lipinski definition) is 3. The van der Waals surface area contributed by atoms with Gasteiger partial charge in [0.2, 0.25) is 0 Å². The van der Waals surface area contributed by atoms with E-state index in [1.54, 1.807) is 0 Å². The minimum absolute atomic E-state index is 0.107. The molecule has 0 saturated heterocycles. The molecule has 0 radical (unpaired) electrons. The van der Waals surface area contributed by atoms with E-state index in [4.69, 9.17) is 37.0 Å². The molecule has 0 spiro atoms. The number of unbranched alkanes of at least 4 members (excludes halogenated alkanes) is 50. The Bertz CT molecular complexity index is 2100. The van der Waals surface area contributed by atoms with E-state index in [0.29, 0.717) is 31.6 Å². The first-order valence-electron chi connectivity index (χ1n) is 45.8. The number of aliphatic hydroxyl groups is 1. The van der Waals surface area contributed by atoms with Crippen LogP contribution in [0.15, 0.2) is 0 Å². The normalized spacial score (nSPS) is 14.4. The van der Waals surface area contributed by atoms with Crippen molar-refractivity contribution >= 4 is 39.5 Å². The molecule has 642 valence electrons. The molecule has 19 heteroatoms. The van der Waals surface area contributed by atoms with Crippen LogP contribution in [0.5, 0.6) is 0 Å². The number of phosphoric acid groups is 2. The van der Waals surface area contributed by atoms with Crippen LogP contribution in [-0.4, -0.2) is 96.7 Å². The van der Waals surface area contributed by atoms with Crippen molar-refractivity contribution in [3.63, 3.8) is 0 Å². The fourth-order valence-corrected chi connectivity index (χ4v) is 15.4. The summed E-state index contributed by atoms with van der Waals surface area (Å²) in [6, 6.07) is 0. The molecule has 0 aromatic heterocycles. The standard InChI is InChI=1S/C89H174O17P2/c1-9-81(7)67-59-51-42-36-30-23-19-15-11-13-17-21-25-32-38-44-53-61-69-86(91)99-75-84(105-88(93)72-64-56-46-40-34-28-27-29-35-41-49-57-65-79(3)4)77-103-107(95,96)101-73-83(90)74-102-108(97,98)104-78-85(76-100-87(92)70-62-54-48-47-50-58-66-80(5)6)106-89(94)71-63-55-45-39-33-26-22-18-14-12-16-20-24-31-37-43-52-60-68-82(8)10-2/h79-85,90H,9-78H2,1-8H3,(H,95,96)(H,97,98)/t81?,82?,83-,84-,85-/m1/s1. The lowest BCUT2D eigenvalue weighted by Crippen LogP contribution is -2.30. The van der Waals surface area contributed by atoms with E-state index in [-0.39, 0.29) is 25.7 Å². The Morgan fingerprint density at radius 2 is 0.444 bits per heavy atom. The predicted molar refractivity (Wildman–Crippen MR) is 446 cm³/mol. The molecule has 3 N–H and O–H groups in total. The summed E-state index contributed by atoms with van der Waals surface area (Å²) in [5.74, 6) is 1.09. The van der Waals surface area contributed by atoms with Gasteiger partial charge in [-0.15, -0.1) is 0 Å². The Hall–Kier alpha value is -1.94. The zero-order valence-electron chi connectivity index (χ0n) is 71.5. The van der Waals surface area contributed by atoms with Crippen LogP contribution in [0.25, 0.3) is 0 Å². The highest BCUT2D eigenvalue weighted by atomic mass is 31.2. The average Bonchev–Trinajstić information content (AvgIpc) is 0.877. The maximum absolute atomic E-state index is 13.1. The number of carbonyl (C=O) groups is 4. The molecule has 108 heavy (non-hydrogen) atoms. The molecule has 0 saturated carbocycles. The van der Waals surface area contributed by atoms with Gasteiger partial charge in [0.05, 0.1) is 26.4 Å². The highest BCUT2D eigenvalue weighted by Crippen LogP contribution is 2.45. The van der Waals surface area contributed by atoms with Crippen LogP contribution in [0.3, 0.4) is 0 Å². The molecule has 0 aliphatic rings. The molecule has 4 unspecified atom stereocenters. The summed E-state index contributed by atoms with van der Waals surface area (Å²) < 4.78 is 68.9. The van der Waals surface area contributed by atoms with Gasteiger partial charge in [0.25, 0.3) is 0 Å². The number of aliphatic hydroxyl groups excluding tert-OH is 1. The molecule has 0 aliphatic carbocycles. The van der Waals surface area contributed by atoms with Gasteiger partial charge in [-0.25, -0.2) is 9.13 Å². The Kier molecular flexibility index (Phi) is 76.2. The van der Waals surface area contributed by atoms with E-state index < -0.39 is 97.5 Å². The summed E-state index contributed by atoms with van der Waals surface area (Å²) in [7, 11) is -9.93. The Balaban J connectivity index is 5.15. The second-order valence-electron chi connectivity index (χ2n) is 33.4. The van der Waals surface area contributed by atoms with Gasteiger partial charge in [-0.3, -0.25) is 37.3 Å². The lowest BCUT2D eigenvalue weighted by Gasteiger charge is -2.21. The minimum Gasteiger partial charge on any atom is -0.462 e. The zero-order chi connectivity index (χ0) is 79.5. The molecule has 7 atom stereocenters. The second kappa shape index (κ2) is 77.6. The lowest BCUT2D eigenvalue weighted by atomic mass is 9.99. The van der Waals surface area contributed by atoms with E-state index in [1.807, 2.05) is 0 Å². The van der Waals surface area contributed by atoms with Crippen LogP contribution in [0.4, 0.5) is 0 Å². The van der Waals surface area contributed by atoms with Gasteiger partial charge in [-0.2, -0.15) is 0 Å². The van der Waals surface area contributed by atoms with Crippen LogP contribution < -0.4 is 0 Å². The Morgan fingerprint density at radius 1 is 0.259 bits per heavy atom. The fraction of sp³-hybridized carbons (Fsp3) is 0.955. The first kappa shape index (κ1) is 106. The van der Waals surface area contributed by atoms with E-state index in [1.165, 1.54) is 263 Å². The van der Waals surface area contributed by atoms with Gasteiger partial charge < -0.3 is 33.8 Å². The largest absolute Gasteiger partial charge is 0.472 e. The monoisotopic (exact) mass is 1580 g/mol. The van der Waals surface area contributed by atoms with Crippen LogP contribution in [-0.2, 0) is 65.4 Å². The molecule has 0 aromatic carbocycles. The number of phosphoric ester groups is 2. The number of carbonyl (C=O) groups excluding carboxylic acids is 4. The van der Waals surface area contributed by atoms with Crippen molar-refractivity contribution in [1.82, 2.24) is 0 Å². The first-order valence-corrected chi connectivity index (χ1v) is 48.8. The maximum atomic E-state index is 13.1. The maximum Gasteiger partial charge on any atom is 0.472 e. The van der Waals surface area contributed by atoms with Crippen molar-refractivity contribution < 1.29 is 80.2 Å². The quantitative estimate of drug-likeness (QED) is 0.0222. The van der Waals surface area contributed by atoms with Crippen molar-refractivity contribution in [2.75, 3.05) is 39.6 Å². The van der Waals surface area contributed by atoms with Crippen LogP contribution in [0.1, 0.15) is 466 Å².